The van der Waals surface area contributed by atoms with Gasteiger partial charge in [-0.3, -0.25) is 0 Å². The summed E-state index contributed by atoms with van der Waals surface area (Å²) in [5, 5.41) is 3.63. The van der Waals surface area contributed by atoms with Crippen molar-refractivity contribution < 1.29 is 4.42 Å². The molecule has 2 heteroatoms. The van der Waals surface area contributed by atoms with Crippen LogP contribution in [0.5, 0.6) is 0 Å². The van der Waals surface area contributed by atoms with E-state index in [0.717, 1.165) is 11.5 Å². The Balaban J connectivity index is 2.67. The fraction of sp³-hybridized carbons (Fsp3) is 0.692. The van der Waals surface area contributed by atoms with Crippen LogP contribution in [-0.2, 0) is 0 Å². The highest BCUT2D eigenvalue weighted by molar-refractivity contribution is 5.23. The number of hydrogen-bond acceptors (Lipinski definition) is 2. The Morgan fingerprint density at radius 2 is 1.87 bits per heavy atom. The van der Waals surface area contributed by atoms with Crippen LogP contribution >= 0.6 is 0 Å². The van der Waals surface area contributed by atoms with Gasteiger partial charge in [0.2, 0.25) is 0 Å². The predicted octanol–water partition coefficient (Wildman–Crippen LogP) is 3.74. The summed E-state index contributed by atoms with van der Waals surface area (Å²) in [5.74, 6) is 2.04. The smallest absolute Gasteiger partial charge is 0.105 e. The first-order chi connectivity index (χ1) is 7.08. The van der Waals surface area contributed by atoms with Crippen molar-refractivity contribution in [3.63, 3.8) is 0 Å². The Hall–Kier alpha value is -0.760. The minimum absolute atomic E-state index is 0.382. The number of hydrogen-bond donors (Lipinski definition) is 1. The van der Waals surface area contributed by atoms with Crippen LogP contribution in [0.2, 0.25) is 0 Å². The van der Waals surface area contributed by atoms with Gasteiger partial charge in [-0.05, 0) is 39.7 Å². The van der Waals surface area contributed by atoms with Gasteiger partial charge in [-0.15, -0.1) is 0 Å². The average Bonchev–Trinajstić information content (AvgIpc) is 2.54. The zero-order valence-electron chi connectivity index (χ0n) is 10.6. The summed E-state index contributed by atoms with van der Waals surface area (Å²) in [6.45, 7) is 10.7. The molecule has 15 heavy (non-hydrogen) atoms. The summed E-state index contributed by atoms with van der Waals surface area (Å²) >= 11 is 0. The molecule has 0 fully saturated rings. The normalized spacial score (nSPS) is 13.5. The second-order valence-corrected chi connectivity index (χ2v) is 4.27. The molecule has 1 N–H and O–H groups in total. The zero-order chi connectivity index (χ0) is 11.4. The minimum Gasteiger partial charge on any atom is -0.466 e. The SMILES string of the molecule is CCC(CC)NC(C)c1cc(C)oc1C. The van der Waals surface area contributed by atoms with Gasteiger partial charge in [0.05, 0.1) is 0 Å². The summed E-state index contributed by atoms with van der Waals surface area (Å²) in [6.07, 6.45) is 2.35. The van der Waals surface area contributed by atoms with Gasteiger partial charge in [0.25, 0.3) is 0 Å². The summed E-state index contributed by atoms with van der Waals surface area (Å²) in [4.78, 5) is 0. The summed E-state index contributed by atoms with van der Waals surface area (Å²) < 4.78 is 5.54. The largest absolute Gasteiger partial charge is 0.466 e. The summed E-state index contributed by atoms with van der Waals surface area (Å²) in [7, 11) is 0. The number of furan rings is 1. The number of nitrogens with one attached hydrogen (secondary N) is 1. The molecule has 1 aromatic heterocycles. The first kappa shape index (κ1) is 12.3. The van der Waals surface area contributed by atoms with E-state index >= 15 is 0 Å². The standard InChI is InChI=1S/C13H23NO/c1-6-12(7-2)14-10(4)13-8-9(3)15-11(13)5/h8,10,12,14H,6-7H2,1-5H3. The lowest BCUT2D eigenvalue weighted by Crippen LogP contribution is -2.30. The van der Waals surface area contributed by atoms with Gasteiger partial charge in [-0.25, -0.2) is 0 Å². The number of aryl methyl sites for hydroxylation is 2. The van der Waals surface area contributed by atoms with E-state index in [1.165, 1.54) is 18.4 Å². The van der Waals surface area contributed by atoms with Gasteiger partial charge >= 0.3 is 0 Å². The second-order valence-electron chi connectivity index (χ2n) is 4.27. The van der Waals surface area contributed by atoms with Crippen LogP contribution < -0.4 is 5.32 Å². The molecule has 0 aliphatic heterocycles. The lowest BCUT2D eigenvalue weighted by molar-refractivity contribution is 0.425. The van der Waals surface area contributed by atoms with Crippen molar-refractivity contribution in [3.8, 4) is 0 Å². The van der Waals surface area contributed by atoms with E-state index in [1.54, 1.807) is 0 Å². The molecule has 1 heterocycles. The first-order valence-corrected chi connectivity index (χ1v) is 5.91. The molecule has 0 saturated carbocycles. The van der Waals surface area contributed by atoms with Crippen molar-refractivity contribution in [3.05, 3.63) is 23.2 Å². The maximum absolute atomic E-state index is 5.54. The van der Waals surface area contributed by atoms with Crippen LogP contribution in [0.25, 0.3) is 0 Å². The highest BCUT2D eigenvalue weighted by Gasteiger charge is 2.14. The summed E-state index contributed by atoms with van der Waals surface area (Å²) in [6, 6.07) is 3.12. The first-order valence-electron chi connectivity index (χ1n) is 5.91. The van der Waals surface area contributed by atoms with Gasteiger partial charge in [-0.1, -0.05) is 13.8 Å². The molecule has 0 aliphatic rings. The molecule has 0 amide bonds. The molecule has 0 aromatic carbocycles. The van der Waals surface area contributed by atoms with E-state index in [9.17, 15) is 0 Å². The molecule has 0 radical (unpaired) electrons. The van der Waals surface area contributed by atoms with E-state index in [2.05, 4.69) is 32.2 Å². The van der Waals surface area contributed by atoms with Crippen molar-refractivity contribution >= 4 is 0 Å². The van der Waals surface area contributed by atoms with Crippen LogP contribution in [-0.4, -0.2) is 6.04 Å². The van der Waals surface area contributed by atoms with Crippen molar-refractivity contribution in [2.45, 2.75) is 59.5 Å². The third-order valence-electron chi connectivity index (χ3n) is 3.02. The topological polar surface area (TPSA) is 25.2 Å². The van der Waals surface area contributed by atoms with Crippen molar-refractivity contribution in [2.24, 2.45) is 0 Å². The van der Waals surface area contributed by atoms with Crippen LogP contribution in [0.1, 0.15) is 56.7 Å². The Labute approximate surface area is 93.1 Å². The van der Waals surface area contributed by atoms with Crippen molar-refractivity contribution in [1.29, 1.82) is 0 Å². The molecule has 86 valence electrons. The van der Waals surface area contributed by atoms with Gasteiger partial charge in [0, 0.05) is 17.6 Å². The number of rotatable bonds is 5. The fourth-order valence-electron chi connectivity index (χ4n) is 2.05. The third-order valence-corrected chi connectivity index (χ3v) is 3.02. The van der Waals surface area contributed by atoms with Crippen LogP contribution in [0.15, 0.2) is 10.5 Å². The van der Waals surface area contributed by atoms with E-state index in [1.807, 2.05) is 13.8 Å². The van der Waals surface area contributed by atoms with Gasteiger partial charge < -0.3 is 9.73 Å². The Morgan fingerprint density at radius 3 is 2.27 bits per heavy atom. The lowest BCUT2D eigenvalue weighted by atomic mass is 10.1. The van der Waals surface area contributed by atoms with Crippen LogP contribution in [0.3, 0.4) is 0 Å². The quantitative estimate of drug-likeness (QED) is 0.799. The van der Waals surface area contributed by atoms with Crippen molar-refractivity contribution in [2.75, 3.05) is 0 Å². The van der Waals surface area contributed by atoms with Crippen LogP contribution in [0, 0.1) is 13.8 Å². The zero-order valence-corrected chi connectivity index (χ0v) is 10.6. The highest BCUT2D eigenvalue weighted by atomic mass is 16.3. The molecule has 1 rings (SSSR count). The van der Waals surface area contributed by atoms with E-state index in [-0.39, 0.29) is 0 Å². The van der Waals surface area contributed by atoms with E-state index in [0.29, 0.717) is 12.1 Å². The summed E-state index contributed by atoms with van der Waals surface area (Å²) in [5.41, 5.74) is 1.29. The van der Waals surface area contributed by atoms with E-state index in [4.69, 9.17) is 4.42 Å². The maximum atomic E-state index is 5.54. The maximum Gasteiger partial charge on any atom is 0.105 e. The third kappa shape index (κ3) is 3.10. The van der Waals surface area contributed by atoms with E-state index < -0.39 is 0 Å². The van der Waals surface area contributed by atoms with Crippen molar-refractivity contribution in [1.82, 2.24) is 5.32 Å². The Morgan fingerprint density at radius 1 is 1.27 bits per heavy atom. The van der Waals surface area contributed by atoms with Gasteiger partial charge in [0.1, 0.15) is 11.5 Å². The Kier molecular flexibility index (Phi) is 4.40. The molecule has 2 nitrogen and oxygen atoms in total. The lowest BCUT2D eigenvalue weighted by Gasteiger charge is -2.20. The monoisotopic (exact) mass is 209 g/mol. The molecule has 0 bridgehead atoms. The van der Waals surface area contributed by atoms with Crippen LogP contribution in [0.4, 0.5) is 0 Å². The highest BCUT2D eigenvalue weighted by Crippen LogP contribution is 2.22. The predicted molar refractivity (Wildman–Crippen MR) is 64.1 cm³/mol. The molecular weight excluding hydrogens is 186 g/mol. The minimum atomic E-state index is 0.382. The molecule has 0 saturated heterocycles. The Bertz CT molecular complexity index is 299. The molecular formula is C13H23NO. The fourth-order valence-corrected chi connectivity index (χ4v) is 2.05. The molecule has 1 unspecified atom stereocenters. The van der Waals surface area contributed by atoms with Gasteiger partial charge in [0.15, 0.2) is 0 Å². The average molecular weight is 209 g/mol. The molecule has 0 aliphatic carbocycles. The second kappa shape index (κ2) is 5.36. The molecule has 0 spiro atoms. The molecule has 1 aromatic rings. The van der Waals surface area contributed by atoms with Gasteiger partial charge in [-0.2, -0.15) is 0 Å². The molecule has 1 atom stereocenters.